The molecule has 0 spiro atoms. The van der Waals surface area contributed by atoms with Crippen LogP contribution in [0.4, 0.5) is 5.82 Å². The van der Waals surface area contributed by atoms with Crippen molar-refractivity contribution in [3.63, 3.8) is 0 Å². The highest BCUT2D eigenvalue weighted by atomic mass is 79.9. The minimum absolute atomic E-state index is 0.0631. The van der Waals surface area contributed by atoms with Crippen LogP contribution in [0, 0.1) is 11.8 Å². The number of pyridine rings is 1. The second-order valence-electron chi connectivity index (χ2n) is 5.60. The Hall–Kier alpha value is -0.610. The van der Waals surface area contributed by atoms with Crippen molar-refractivity contribution in [3.05, 3.63) is 22.3 Å². The molecular weight excluding hydrogens is 292 g/mol. The van der Waals surface area contributed by atoms with Gasteiger partial charge in [-0.15, -0.1) is 0 Å². The zero-order valence-electron chi connectivity index (χ0n) is 10.5. The molecule has 1 aromatic heterocycles. The van der Waals surface area contributed by atoms with Gasteiger partial charge in [-0.1, -0.05) is 6.42 Å². The van der Waals surface area contributed by atoms with E-state index in [2.05, 4.69) is 25.8 Å². The Bertz CT molecular complexity index is 426. The van der Waals surface area contributed by atoms with Crippen molar-refractivity contribution in [1.82, 2.24) is 4.98 Å². The highest BCUT2D eigenvalue weighted by molar-refractivity contribution is 9.10. The van der Waals surface area contributed by atoms with Crippen LogP contribution in [0.2, 0.25) is 0 Å². The van der Waals surface area contributed by atoms with Crippen molar-refractivity contribution in [2.45, 2.75) is 32.3 Å². The Balaban J connectivity index is 1.86. The monoisotopic (exact) mass is 310 g/mol. The van der Waals surface area contributed by atoms with Crippen LogP contribution in [0.15, 0.2) is 16.7 Å². The summed E-state index contributed by atoms with van der Waals surface area (Å²) >= 11 is 3.42. The first-order valence-corrected chi connectivity index (χ1v) is 7.56. The van der Waals surface area contributed by atoms with Crippen LogP contribution in [-0.4, -0.2) is 23.2 Å². The molecule has 3 rings (SSSR count). The molecule has 1 saturated heterocycles. The topological polar surface area (TPSA) is 36.4 Å². The summed E-state index contributed by atoms with van der Waals surface area (Å²) in [6.07, 6.45) is 7.33. The third kappa shape index (κ3) is 2.41. The fourth-order valence-electron chi connectivity index (χ4n) is 3.48. The quantitative estimate of drug-likeness (QED) is 0.912. The maximum atomic E-state index is 9.49. The minimum Gasteiger partial charge on any atom is -0.392 e. The predicted molar refractivity (Wildman–Crippen MR) is 75.5 cm³/mol. The van der Waals surface area contributed by atoms with Gasteiger partial charge in [-0.3, -0.25) is 0 Å². The van der Waals surface area contributed by atoms with E-state index in [1.807, 2.05) is 12.3 Å². The van der Waals surface area contributed by atoms with E-state index in [1.54, 1.807) is 0 Å². The Morgan fingerprint density at radius 2 is 2.06 bits per heavy atom. The van der Waals surface area contributed by atoms with Crippen LogP contribution >= 0.6 is 15.9 Å². The number of hydrogen-bond donors (Lipinski definition) is 1. The molecule has 18 heavy (non-hydrogen) atoms. The molecule has 2 heterocycles. The number of aliphatic hydroxyl groups excluding tert-OH is 1. The van der Waals surface area contributed by atoms with Gasteiger partial charge < -0.3 is 10.0 Å². The van der Waals surface area contributed by atoms with E-state index < -0.39 is 0 Å². The van der Waals surface area contributed by atoms with E-state index in [0.29, 0.717) is 0 Å². The van der Waals surface area contributed by atoms with E-state index in [9.17, 15) is 5.11 Å². The van der Waals surface area contributed by atoms with Gasteiger partial charge in [0, 0.05) is 29.3 Å². The second-order valence-corrected chi connectivity index (χ2v) is 6.51. The molecule has 2 atom stereocenters. The summed E-state index contributed by atoms with van der Waals surface area (Å²) in [5.74, 6) is 2.64. The van der Waals surface area contributed by atoms with Crippen LogP contribution in [0.25, 0.3) is 0 Å². The number of fused-ring (bicyclic) bond motifs is 2. The summed E-state index contributed by atoms with van der Waals surface area (Å²) < 4.78 is 0.938. The zero-order valence-corrected chi connectivity index (χ0v) is 12.1. The van der Waals surface area contributed by atoms with E-state index in [-0.39, 0.29) is 6.61 Å². The van der Waals surface area contributed by atoms with Crippen molar-refractivity contribution in [2.75, 3.05) is 18.0 Å². The molecule has 1 N–H and O–H groups in total. The molecule has 1 aliphatic heterocycles. The molecule has 98 valence electrons. The van der Waals surface area contributed by atoms with Crippen LogP contribution in [0.3, 0.4) is 0 Å². The van der Waals surface area contributed by atoms with Crippen LogP contribution in [0.1, 0.15) is 31.2 Å². The number of piperidine rings is 1. The molecular formula is C14H19BrN2O. The Kier molecular flexibility index (Phi) is 3.57. The fourth-order valence-corrected chi connectivity index (χ4v) is 3.86. The Labute approximate surface area is 116 Å². The van der Waals surface area contributed by atoms with Crippen LogP contribution < -0.4 is 4.90 Å². The highest BCUT2D eigenvalue weighted by Gasteiger charge is 2.31. The summed E-state index contributed by atoms with van der Waals surface area (Å²) in [7, 11) is 0. The van der Waals surface area contributed by atoms with Crippen molar-refractivity contribution >= 4 is 21.7 Å². The standard InChI is InChI=1S/C14H19BrN2O/c15-13-5-12(9-18)14(16-6-13)17-7-10-2-1-3-11(4-10)8-17/h5-6,10-11,18H,1-4,7-9H2. The van der Waals surface area contributed by atoms with Crippen LogP contribution in [-0.2, 0) is 6.61 Å². The number of rotatable bonds is 2. The minimum atomic E-state index is 0.0631. The lowest BCUT2D eigenvalue weighted by atomic mass is 9.78. The number of halogens is 1. The largest absolute Gasteiger partial charge is 0.392 e. The molecule has 0 aromatic carbocycles. The fraction of sp³-hybridized carbons (Fsp3) is 0.643. The van der Waals surface area contributed by atoms with Gasteiger partial charge in [-0.25, -0.2) is 4.98 Å². The normalized spacial score (nSPS) is 27.3. The summed E-state index contributed by atoms with van der Waals surface area (Å²) in [5.41, 5.74) is 0.935. The molecule has 0 radical (unpaired) electrons. The van der Waals surface area contributed by atoms with Gasteiger partial charge in [0.15, 0.2) is 0 Å². The number of aliphatic hydroxyl groups is 1. The van der Waals surface area contributed by atoms with Gasteiger partial charge in [-0.2, -0.15) is 0 Å². The number of aromatic nitrogens is 1. The number of nitrogens with zero attached hydrogens (tertiary/aromatic N) is 2. The molecule has 2 aliphatic rings. The van der Waals surface area contributed by atoms with Crippen molar-refractivity contribution < 1.29 is 5.11 Å². The molecule has 3 nitrogen and oxygen atoms in total. The summed E-state index contributed by atoms with van der Waals surface area (Å²) in [6, 6.07) is 1.98. The Morgan fingerprint density at radius 3 is 2.72 bits per heavy atom. The third-order valence-electron chi connectivity index (χ3n) is 4.23. The Morgan fingerprint density at radius 1 is 1.33 bits per heavy atom. The van der Waals surface area contributed by atoms with E-state index in [1.165, 1.54) is 25.7 Å². The van der Waals surface area contributed by atoms with Gasteiger partial charge in [0.1, 0.15) is 5.82 Å². The van der Waals surface area contributed by atoms with Crippen LogP contribution in [0.5, 0.6) is 0 Å². The molecule has 2 fully saturated rings. The van der Waals surface area contributed by atoms with Gasteiger partial charge >= 0.3 is 0 Å². The third-order valence-corrected chi connectivity index (χ3v) is 4.66. The van der Waals surface area contributed by atoms with Crippen molar-refractivity contribution in [3.8, 4) is 0 Å². The molecule has 2 bridgehead atoms. The van der Waals surface area contributed by atoms with Gasteiger partial charge in [-0.05, 0) is 53.1 Å². The highest BCUT2D eigenvalue weighted by Crippen LogP contribution is 2.36. The number of hydrogen-bond acceptors (Lipinski definition) is 3. The van der Waals surface area contributed by atoms with E-state index in [0.717, 1.165) is 40.8 Å². The average Bonchev–Trinajstić information content (AvgIpc) is 2.38. The van der Waals surface area contributed by atoms with Gasteiger partial charge in [0.25, 0.3) is 0 Å². The number of anilines is 1. The van der Waals surface area contributed by atoms with Gasteiger partial charge in [0.05, 0.1) is 6.61 Å². The summed E-state index contributed by atoms with van der Waals surface area (Å²) in [6.45, 7) is 2.28. The lowest BCUT2D eigenvalue weighted by Gasteiger charge is -2.42. The smallest absolute Gasteiger partial charge is 0.134 e. The molecule has 0 amide bonds. The summed E-state index contributed by atoms with van der Waals surface area (Å²) in [4.78, 5) is 6.90. The van der Waals surface area contributed by atoms with Crippen molar-refractivity contribution in [2.24, 2.45) is 11.8 Å². The first kappa shape index (κ1) is 12.4. The summed E-state index contributed by atoms with van der Waals surface area (Å²) in [5, 5.41) is 9.49. The average molecular weight is 311 g/mol. The van der Waals surface area contributed by atoms with Crippen molar-refractivity contribution in [1.29, 1.82) is 0 Å². The first-order chi connectivity index (χ1) is 8.76. The van der Waals surface area contributed by atoms with E-state index >= 15 is 0 Å². The molecule has 2 unspecified atom stereocenters. The second kappa shape index (κ2) is 5.17. The first-order valence-electron chi connectivity index (χ1n) is 6.76. The SMILES string of the molecule is OCc1cc(Br)cnc1N1CC2CCCC(C2)C1. The molecule has 4 heteroatoms. The maximum Gasteiger partial charge on any atom is 0.134 e. The molecule has 1 aromatic rings. The van der Waals surface area contributed by atoms with E-state index in [4.69, 9.17) is 0 Å². The molecule has 1 saturated carbocycles. The zero-order chi connectivity index (χ0) is 12.5. The lowest BCUT2D eigenvalue weighted by Crippen LogP contribution is -2.43. The predicted octanol–water partition coefficient (Wildman–Crippen LogP) is 2.96. The maximum absolute atomic E-state index is 9.49. The van der Waals surface area contributed by atoms with Gasteiger partial charge in [0.2, 0.25) is 0 Å². The lowest BCUT2D eigenvalue weighted by molar-refractivity contribution is 0.229. The molecule has 1 aliphatic carbocycles.